The Hall–Kier alpha value is -4.05. The zero-order valence-electron chi connectivity index (χ0n) is 17.0. The maximum atomic E-state index is 12.5. The zero-order valence-corrected chi connectivity index (χ0v) is 17.0. The zero-order chi connectivity index (χ0) is 21.7. The van der Waals surface area contributed by atoms with E-state index in [1.807, 2.05) is 32.0 Å². The van der Waals surface area contributed by atoms with Gasteiger partial charge in [0.25, 0.3) is 11.8 Å². The molecule has 0 fully saturated rings. The number of nitriles is 1. The number of anilines is 1. The number of nitrogens with zero attached hydrogens (tertiary/aromatic N) is 2. The Balaban J connectivity index is 1.60. The molecule has 1 atom stereocenters. The standard InChI is InChI=1S/C23H22N4O3/c1-15-7-8-16(2)27(15)26-23(29)19-9-11-21(12-10-19)30-17(3)22(28)25-20-6-4-5-18(13-20)14-24/h4-13,17H,1-3H3,(H,25,28)(H,26,29)/t17-/m0/s1. The highest BCUT2D eigenvalue weighted by molar-refractivity contribution is 6.00. The van der Waals surface area contributed by atoms with Crippen molar-refractivity contribution in [2.45, 2.75) is 26.9 Å². The summed E-state index contributed by atoms with van der Waals surface area (Å²) in [6, 6.07) is 19.1. The molecule has 0 bridgehead atoms. The van der Waals surface area contributed by atoms with Crippen LogP contribution in [0.3, 0.4) is 0 Å². The fourth-order valence-corrected chi connectivity index (χ4v) is 2.86. The van der Waals surface area contributed by atoms with Crippen molar-refractivity contribution in [2.75, 3.05) is 10.7 Å². The molecule has 152 valence electrons. The largest absolute Gasteiger partial charge is 0.481 e. The summed E-state index contributed by atoms with van der Waals surface area (Å²) in [4.78, 5) is 24.8. The summed E-state index contributed by atoms with van der Waals surface area (Å²) < 4.78 is 7.39. The number of hydrogen-bond donors (Lipinski definition) is 2. The minimum Gasteiger partial charge on any atom is -0.481 e. The summed E-state index contributed by atoms with van der Waals surface area (Å²) in [6.45, 7) is 5.45. The molecule has 30 heavy (non-hydrogen) atoms. The Kier molecular flexibility index (Phi) is 6.18. The number of ether oxygens (including phenoxy) is 1. The Morgan fingerprint density at radius 3 is 2.33 bits per heavy atom. The van der Waals surface area contributed by atoms with Crippen LogP contribution in [0.25, 0.3) is 0 Å². The third kappa shape index (κ3) is 4.86. The highest BCUT2D eigenvalue weighted by Gasteiger charge is 2.16. The van der Waals surface area contributed by atoms with E-state index in [1.54, 1.807) is 60.1 Å². The number of nitrogens with one attached hydrogen (secondary N) is 2. The normalized spacial score (nSPS) is 11.3. The number of aromatic nitrogens is 1. The minimum absolute atomic E-state index is 0.243. The highest BCUT2D eigenvalue weighted by Crippen LogP contribution is 2.16. The molecule has 0 aliphatic rings. The maximum Gasteiger partial charge on any atom is 0.270 e. The lowest BCUT2D eigenvalue weighted by Crippen LogP contribution is -2.30. The Labute approximate surface area is 174 Å². The molecule has 0 radical (unpaired) electrons. The van der Waals surface area contributed by atoms with E-state index < -0.39 is 6.10 Å². The molecular weight excluding hydrogens is 380 g/mol. The molecule has 2 aromatic carbocycles. The first-order valence-electron chi connectivity index (χ1n) is 9.41. The van der Waals surface area contributed by atoms with Crippen molar-refractivity contribution in [1.82, 2.24) is 4.68 Å². The van der Waals surface area contributed by atoms with Gasteiger partial charge in [-0.1, -0.05) is 6.07 Å². The van der Waals surface area contributed by atoms with Crippen molar-refractivity contribution in [3.63, 3.8) is 0 Å². The van der Waals surface area contributed by atoms with E-state index in [4.69, 9.17) is 10.00 Å². The van der Waals surface area contributed by atoms with Gasteiger partial charge < -0.3 is 10.1 Å². The SMILES string of the molecule is Cc1ccc(C)n1NC(=O)c1ccc(O[C@@H](C)C(=O)Nc2cccc(C#N)c2)cc1. The monoisotopic (exact) mass is 402 g/mol. The fraction of sp³-hybridized carbons (Fsp3) is 0.174. The van der Waals surface area contributed by atoms with Crippen LogP contribution in [-0.4, -0.2) is 22.6 Å². The lowest BCUT2D eigenvalue weighted by molar-refractivity contribution is -0.122. The molecule has 7 heteroatoms. The summed E-state index contributed by atoms with van der Waals surface area (Å²) >= 11 is 0. The number of carbonyl (C=O) groups is 2. The average Bonchev–Trinajstić information content (AvgIpc) is 3.06. The van der Waals surface area contributed by atoms with E-state index >= 15 is 0 Å². The summed E-state index contributed by atoms with van der Waals surface area (Å²) in [6.07, 6.45) is -0.763. The summed E-state index contributed by atoms with van der Waals surface area (Å²) in [5.74, 6) is -0.120. The minimum atomic E-state index is -0.763. The predicted octanol–water partition coefficient (Wildman–Crippen LogP) is 3.77. The second-order valence-electron chi connectivity index (χ2n) is 6.86. The molecule has 0 spiro atoms. The molecule has 0 saturated carbocycles. The predicted molar refractivity (Wildman–Crippen MR) is 114 cm³/mol. The molecule has 0 unspecified atom stereocenters. The van der Waals surface area contributed by atoms with Crippen LogP contribution in [0, 0.1) is 25.2 Å². The van der Waals surface area contributed by atoms with Gasteiger partial charge in [0.05, 0.1) is 11.6 Å². The lowest BCUT2D eigenvalue weighted by atomic mass is 10.2. The third-order valence-corrected chi connectivity index (χ3v) is 4.54. The first kappa shape index (κ1) is 20.7. The number of amides is 2. The molecule has 2 amide bonds. The van der Waals surface area contributed by atoms with Crippen LogP contribution < -0.4 is 15.5 Å². The third-order valence-electron chi connectivity index (χ3n) is 4.54. The van der Waals surface area contributed by atoms with Crippen LogP contribution in [0.1, 0.15) is 34.2 Å². The summed E-state index contributed by atoms with van der Waals surface area (Å²) in [5.41, 5.74) is 6.16. The molecule has 3 aromatic rings. The van der Waals surface area contributed by atoms with Crippen LogP contribution in [0.2, 0.25) is 0 Å². The highest BCUT2D eigenvalue weighted by atomic mass is 16.5. The van der Waals surface area contributed by atoms with Crippen molar-refractivity contribution in [3.8, 4) is 11.8 Å². The molecule has 1 aromatic heterocycles. The number of benzene rings is 2. The number of aryl methyl sites for hydroxylation is 2. The molecule has 0 aliphatic heterocycles. The van der Waals surface area contributed by atoms with Crippen molar-refractivity contribution in [1.29, 1.82) is 5.26 Å². The van der Waals surface area contributed by atoms with Crippen LogP contribution in [-0.2, 0) is 4.79 Å². The van der Waals surface area contributed by atoms with Gasteiger partial charge >= 0.3 is 0 Å². The topological polar surface area (TPSA) is 96.2 Å². The average molecular weight is 402 g/mol. The maximum absolute atomic E-state index is 12.5. The van der Waals surface area contributed by atoms with E-state index in [0.29, 0.717) is 22.6 Å². The van der Waals surface area contributed by atoms with Crippen molar-refractivity contribution in [3.05, 3.63) is 83.2 Å². The molecule has 2 N–H and O–H groups in total. The van der Waals surface area contributed by atoms with Gasteiger partial charge in [-0.25, -0.2) is 0 Å². The molecule has 7 nitrogen and oxygen atoms in total. The lowest BCUT2D eigenvalue weighted by Gasteiger charge is -2.15. The second-order valence-corrected chi connectivity index (χ2v) is 6.86. The van der Waals surface area contributed by atoms with Gasteiger partial charge in [0.1, 0.15) is 5.75 Å². The Morgan fingerprint density at radius 1 is 1.03 bits per heavy atom. The second kappa shape index (κ2) is 8.97. The van der Waals surface area contributed by atoms with Gasteiger partial charge in [-0.2, -0.15) is 5.26 Å². The van der Waals surface area contributed by atoms with E-state index in [0.717, 1.165) is 11.4 Å². The van der Waals surface area contributed by atoms with Gasteiger partial charge in [-0.15, -0.1) is 0 Å². The van der Waals surface area contributed by atoms with Gasteiger partial charge in [-0.3, -0.25) is 19.7 Å². The summed E-state index contributed by atoms with van der Waals surface area (Å²) in [5, 5.41) is 11.7. The van der Waals surface area contributed by atoms with E-state index in [-0.39, 0.29) is 11.8 Å². The van der Waals surface area contributed by atoms with Gasteiger partial charge in [0.15, 0.2) is 6.10 Å². The quantitative estimate of drug-likeness (QED) is 0.656. The van der Waals surface area contributed by atoms with E-state index in [1.165, 1.54) is 0 Å². The van der Waals surface area contributed by atoms with Crippen molar-refractivity contribution in [2.24, 2.45) is 0 Å². The van der Waals surface area contributed by atoms with Gasteiger partial charge in [0, 0.05) is 22.6 Å². The van der Waals surface area contributed by atoms with Crippen LogP contribution >= 0.6 is 0 Å². The molecule has 1 heterocycles. The van der Waals surface area contributed by atoms with Gasteiger partial charge in [-0.05, 0) is 75.4 Å². The smallest absolute Gasteiger partial charge is 0.270 e. The summed E-state index contributed by atoms with van der Waals surface area (Å²) in [7, 11) is 0. The van der Waals surface area contributed by atoms with Crippen molar-refractivity contribution < 1.29 is 14.3 Å². The number of carbonyl (C=O) groups excluding carboxylic acids is 2. The Morgan fingerprint density at radius 2 is 1.70 bits per heavy atom. The van der Waals surface area contributed by atoms with Crippen LogP contribution in [0.5, 0.6) is 5.75 Å². The van der Waals surface area contributed by atoms with E-state index in [9.17, 15) is 9.59 Å². The molecule has 0 saturated heterocycles. The first-order valence-corrected chi connectivity index (χ1v) is 9.41. The van der Waals surface area contributed by atoms with Crippen molar-refractivity contribution >= 4 is 17.5 Å². The Bertz CT molecular complexity index is 1090. The van der Waals surface area contributed by atoms with Gasteiger partial charge in [0.2, 0.25) is 0 Å². The van der Waals surface area contributed by atoms with E-state index in [2.05, 4.69) is 10.7 Å². The number of hydrogen-bond acceptors (Lipinski definition) is 4. The first-order chi connectivity index (χ1) is 14.4. The molecular formula is C23H22N4O3. The fourth-order valence-electron chi connectivity index (χ4n) is 2.86. The van der Waals surface area contributed by atoms with Crippen LogP contribution in [0.15, 0.2) is 60.7 Å². The molecule has 0 aliphatic carbocycles. The van der Waals surface area contributed by atoms with Crippen LogP contribution in [0.4, 0.5) is 5.69 Å². The molecule has 3 rings (SSSR count). The number of rotatable bonds is 6.